The van der Waals surface area contributed by atoms with Gasteiger partial charge in [-0.1, -0.05) is 30.3 Å². The molecule has 2 fully saturated rings. The van der Waals surface area contributed by atoms with Gasteiger partial charge >= 0.3 is 6.03 Å². The molecule has 27 heavy (non-hydrogen) atoms. The molecule has 0 spiro atoms. The second-order valence-electron chi connectivity index (χ2n) is 8.21. The predicted molar refractivity (Wildman–Crippen MR) is 108 cm³/mol. The molecule has 5 nitrogen and oxygen atoms in total. The van der Waals surface area contributed by atoms with E-state index in [1.54, 1.807) is 6.92 Å². The number of carbonyl (C=O) groups excluding carboxylic acids is 2. The van der Waals surface area contributed by atoms with Crippen molar-refractivity contribution in [1.29, 1.82) is 0 Å². The molecule has 148 valence electrons. The van der Waals surface area contributed by atoms with E-state index in [9.17, 15) is 9.59 Å². The molecule has 1 saturated heterocycles. The molecule has 1 aromatic rings. The second-order valence-corrected chi connectivity index (χ2v) is 8.21. The molecular weight excluding hydrogens is 338 g/mol. The maximum atomic E-state index is 12.5. The summed E-state index contributed by atoms with van der Waals surface area (Å²) >= 11 is 0. The lowest BCUT2D eigenvalue weighted by atomic mass is 9.79. The van der Waals surface area contributed by atoms with Crippen molar-refractivity contribution in [2.45, 2.75) is 51.4 Å². The molecule has 0 aromatic heterocycles. The highest BCUT2D eigenvalue weighted by molar-refractivity contribution is 5.74. The topological polar surface area (TPSA) is 61.4 Å². The van der Waals surface area contributed by atoms with Crippen LogP contribution in [0, 0.1) is 11.8 Å². The minimum atomic E-state index is 0.00248. The highest BCUT2D eigenvalue weighted by Gasteiger charge is 2.26. The highest BCUT2D eigenvalue weighted by Crippen LogP contribution is 2.35. The van der Waals surface area contributed by atoms with Gasteiger partial charge in [0.1, 0.15) is 0 Å². The van der Waals surface area contributed by atoms with Crippen molar-refractivity contribution in [3.63, 3.8) is 0 Å². The van der Waals surface area contributed by atoms with Crippen molar-refractivity contribution in [3.05, 3.63) is 35.9 Å². The number of hydrogen-bond acceptors (Lipinski definition) is 2. The molecule has 0 radical (unpaired) electrons. The zero-order valence-electron chi connectivity index (χ0n) is 16.5. The first-order valence-corrected chi connectivity index (χ1v) is 10.4. The van der Waals surface area contributed by atoms with E-state index in [4.69, 9.17) is 0 Å². The average Bonchev–Trinajstić information content (AvgIpc) is 2.72. The van der Waals surface area contributed by atoms with Crippen molar-refractivity contribution in [2.75, 3.05) is 26.2 Å². The standard InChI is InChI=1S/C22H33N3O2/c1-17(26)23-15-19-6-5-13-25(16-19)22(27)24-14-18-9-11-21(12-10-18)20-7-3-2-4-8-20/h2-4,7-8,18-19,21H,5-6,9-16H2,1H3,(H,23,26)(H,24,27). The zero-order valence-corrected chi connectivity index (χ0v) is 16.5. The summed E-state index contributed by atoms with van der Waals surface area (Å²) in [6.45, 7) is 4.56. The predicted octanol–water partition coefficient (Wildman–Crippen LogP) is 3.52. The molecule has 1 unspecified atom stereocenters. The minimum absolute atomic E-state index is 0.00248. The molecule has 3 amide bonds. The molecule has 2 N–H and O–H groups in total. The van der Waals surface area contributed by atoms with Gasteiger partial charge in [-0.15, -0.1) is 0 Å². The Hall–Kier alpha value is -2.04. The van der Waals surface area contributed by atoms with Crippen molar-refractivity contribution < 1.29 is 9.59 Å². The lowest BCUT2D eigenvalue weighted by Gasteiger charge is -2.34. The summed E-state index contributed by atoms with van der Waals surface area (Å²) in [4.78, 5) is 25.5. The number of likely N-dealkylation sites (tertiary alicyclic amines) is 1. The van der Waals surface area contributed by atoms with Crippen LogP contribution in [0.2, 0.25) is 0 Å². The molecule has 1 aromatic carbocycles. The van der Waals surface area contributed by atoms with E-state index in [1.807, 2.05) is 4.90 Å². The first-order chi connectivity index (χ1) is 13.1. The smallest absolute Gasteiger partial charge is 0.317 e. The summed E-state index contributed by atoms with van der Waals surface area (Å²) in [5, 5.41) is 6.04. The third-order valence-electron chi connectivity index (χ3n) is 6.11. The highest BCUT2D eigenvalue weighted by atomic mass is 16.2. The average molecular weight is 372 g/mol. The largest absolute Gasteiger partial charge is 0.356 e. The lowest BCUT2D eigenvalue weighted by molar-refractivity contribution is -0.119. The molecule has 1 aliphatic carbocycles. The van der Waals surface area contributed by atoms with Crippen molar-refractivity contribution in [1.82, 2.24) is 15.5 Å². The van der Waals surface area contributed by atoms with Crippen molar-refractivity contribution in [3.8, 4) is 0 Å². The maximum Gasteiger partial charge on any atom is 0.317 e. The fourth-order valence-electron chi connectivity index (χ4n) is 4.47. The molecule has 5 heteroatoms. The van der Waals surface area contributed by atoms with Crippen LogP contribution in [-0.4, -0.2) is 43.0 Å². The van der Waals surface area contributed by atoms with Gasteiger partial charge in [0, 0.05) is 33.1 Å². The Kier molecular flexibility index (Phi) is 7.13. The number of rotatable bonds is 5. The Bertz CT molecular complexity index is 611. The Labute approximate surface area is 162 Å². The number of urea groups is 1. The number of benzene rings is 1. The summed E-state index contributed by atoms with van der Waals surface area (Å²) < 4.78 is 0. The summed E-state index contributed by atoms with van der Waals surface area (Å²) in [6.07, 6.45) is 6.89. The van der Waals surface area contributed by atoms with Gasteiger partial charge < -0.3 is 15.5 Å². The molecule has 1 heterocycles. The number of piperidine rings is 1. The van der Waals surface area contributed by atoms with E-state index in [0.717, 1.165) is 32.5 Å². The van der Waals surface area contributed by atoms with Gasteiger partial charge in [0.2, 0.25) is 5.91 Å². The van der Waals surface area contributed by atoms with Gasteiger partial charge in [-0.25, -0.2) is 4.79 Å². The number of amides is 3. The lowest BCUT2D eigenvalue weighted by Crippen LogP contribution is -2.48. The summed E-state index contributed by atoms with van der Waals surface area (Å²) in [7, 11) is 0. The van der Waals surface area contributed by atoms with Crippen LogP contribution < -0.4 is 10.6 Å². The molecular formula is C22H33N3O2. The molecule has 0 bridgehead atoms. The third-order valence-corrected chi connectivity index (χ3v) is 6.11. The van der Waals surface area contributed by atoms with Crippen LogP contribution >= 0.6 is 0 Å². The molecule has 2 aliphatic rings. The zero-order chi connectivity index (χ0) is 19.1. The summed E-state index contributed by atoms with van der Waals surface area (Å²) in [5.74, 6) is 1.64. The summed E-state index contributed by atoms with van der Waals surface area (Å²) in [5.41, 5.74) is 1.46. The molecule has 3 rings (SSSR count). The Morgan fingerprint density at radius 3 is 2.37 bits per heavy atom. The van der Waals surface area contributed by atoms with Crippen LogP contribution in [0.25, 0.3) is 0 Å². The van der Waals surface area contributed by atoms with Crippen LogP contribution in [0.4, 0.5) is 4.79 Å². The van der Waals surface area contributed by atoms with Gasteiger partial charge in [-0.05, 0) is 61.8 Å². The minimum Gasteiger partial charge on any atom is -0.356 e. The van der Waals surface area contributed by atoms with Crippen molar-refractivity contribution >= 4 is 11.9 Å². The van der Waals surface area contributed by atoms with Crippen LogP contribution in [0.5, 0.6) is 0 Å². The molecule has 1 atom stereocenters. The normalized spacial score (nSPS) is 25.7. The third kappa shape index (κ3) is 5.98. The van der Waals surface area contributed by atoms with Gasteiger partial charge in [0.15, 0.2) is 0 Å². The van der Waals surface area contributed by atoms with Gasteiger partial charge in [-0.2, -0.15) is 0 Å². The first kappa shape index (κ1) is 19.7. The quantitative estimate of drug-likeness (QED) is 0.832. The number of hydrogen-bond donors (Lipinski definition) is 2. The molecule has 1 saturated carbocycles. The number of nitrogens with one attached hydrogen (secondary N) is 2. The van der Waals surface area contributed by atoms with E-state index in [2.05, 4.69) is 41.0 Å². The van der Waals surface area contributed by atoms with Crippen LogP contribution in [0.3, 0.4) is 0 Å². The van der Waals surface area contributed by atoms with E-state index < -0.39 is 0 Å². The Balaban J connectivity index is 1.37. The number of nitrogens with zero attached hydrogens (tertiary/aromatic N) is 1. The van der Waals surface area contributed by atoms with Gasteiger partial charge in [0.05, 0.1) is 0 Å². The molecule has 1 aliphatic heterocycles. The first-order valence-electron chi connectivity index (χ1n) is 10.4. The van der Waals surface area contributed by atoms with Crippen LogP contribution in [0.1, 0.15) is 56.9 Å². The SMILES string of the molecule is CC(=O)NCC1CCCN(C(=O)NCC2CCC(c3ccccc3)CC2)C1. The van der Waals surface area contributed by atoms with E-state index >= 15 is 0 Å². The maximum absolute atomic E-state index is 12.5. The Morgan fingerprint density at radius 1 is 0.963 bits per heavy atom. The fraction of sp³-hybridized carbons (Fsp3) is 0.636. The number of carbonyl (C=O) groups is 2. The van der Waals surface area contributed by atoms with Gasteiger partial charge in [-0.3, -0.25) is 4.79 Å². The Morgan fingerprint density at radius 2 is 1.67 bits per heavy atom. The monoisotopic (exact) mass is 371 g/mol. The van der Waals surface area contributed by atoms with E-state index in [0.29, 0.717) is 24.3 Å². The van der Waals surface area contributed by atoms with Gasteiger partial charge in [0.25, 0.3) is 0 Å². The van der Waals surface area contributed by atoms with Crippen LogP contribution in [-0.2, 0) is 4.79 Å². The second kappa shape index (κ2) is 9.77. The fourth-order valence-corrected chi connectivity index (χ4v) is 4.47. The van der Waals surface area contributed by atoms with E-state index in [-0.39, 0.29) is 11.9 Å². The summed E-state index contributed by atoms with van der Waals surface area (Å²) in [6, 6.07) is 10.9. The van der Waals surface area contributed by atoms with Crippen molar-refractivity contribution in [2.24, 2.45) is 11.8 Å². The van der Waals surface area contributed by atoms with Crippen LogP contribution in [0.15, 0.2) is 30.3 Å². The van der Waals surface area contributed by atoms with E-state index in [1.165, 1.54) is 31.2 Å².